The second kappa shape index (κ2) is 10.2. The minimum Gasteiger partial charge on any atom is -0.455 e. The molecule has 0 saturated carbocycles. The Morgan fingerprint density at radius 2 is 0.766 bits per heavy atom. The third kappa shape index (κ3) is 3.90. The maximum atomic E-state index is 6.78. The molecule has 0 spiro atoms. The summed E-state index contributed by atoms with van der Waals surface area (Å²) in [7, 11) is 0. The van der Waals surface area contributed by atoms with E-state index in [1.54, 1.807) is 0 Å². The van der Waals surface area contributed by atoms with Crippen LogP contribution in [-0.4, -0.2) is 0 Å². The van der Waals surface area contributed by atoms with Crippen molar-refractivity contribution in [3.63, 3.8) is 0 Å². The van der Waals surface area contributed by atoms with E-state index in [0.717, 1.165) is 27.3 Å². The molecular formula is C46H28O. The molecule has 1 heterocycles. The normalized spacial score (nSPS) is 11.8. The van der Waals surface area contributed by atoms with E-state index in [1.165, 1.54) is 71.1 Å². The van der Waals surface area contributed by atoms with E-state index in [4.69, 9.17) is 4.42 Å². The molecule has 0 fully saturated rings. The van der Waals surface area contributed by atoms with Gasteiger partial charge in [0, 0.05) is 21.5 Å². The highest BCUT2D eigenvalue weighted by Crippen LogP contribution is 2.46. The van der Waals surface area contributed by atoms with Gasteiger partial charge in [-0.25, -0.2) is 0 Å². The summed E-state index contributed by atoms with van der Waals surface area (Å²) in [5, 5.41) is 12.0. The van der Waals surface area contributed by atoms with E-state index < -0.39 is 0 Å². The lowest BCUT2D eigenvalue weighted by Gasteiger charge is -2.18. The van der Waals surface area contributed by atoms with Gasteiger partial charge in [0.15, 0.2) is 0 Å². The van der Waals surface area contributed by atoms with Crippen LogP contribution in [0.2, 0.25) is 0 Å². The molecule has 10 aromatic rings. The lowest BCUT2D eigenvalue weighted by atomic mass is 9.85. The van der Waals surface area contributed by atoms with Crippen LogP contribution >= 0.6 is 0 Å². The smallest absolute Gasteiger partial charge is 0.143 e. The highest BCUT2D eigenvalue weighted by Gasteiger charge is 2.19. The van der Waals surface area contributed by atoms with Crippen molar-refractivity contribution in [3.8, 4) is 33.4 Å². The molecule has 10 rings (SSSR count). The van der Waals surface area contributed by atoms with Crippen molar-refractivity contribution < 1.29 is 4.42 Å². The summed E-state index contributed by atoms with van der Waals surface area (Å²) in [6, 6.07) is 61.4. The van der Waals surface area contributed by atoms with Crippen LogP contribution in [0.15, 0.2) is 174 Å². The van der Waals surface area contributed by atoms with E-state index in [-0.39, 0.29) is 0 Å². The Labute approximate surface area is 271 Å². The predicted molar refractivity (Wildman–Crippen MR) is 200 cm³/mol. The summed E-state index contributed by atoms with van der Waals surface area (Å²) < 4.78 is 6.78. The maximum Gasteiger partial charge on any atom is 0.143 e. The van der Waals surface area contributed by atoms with Crippen molar-refractivity contribution in [2.24, 2.45) is 0 Å². The quantitative estimate of drug-likeness (QED) is 0.185. The van der Waals surface area contributed by atoms with Crippen molar-refractivity contribution in [2.75, 3.05) is 0 Å². The van der Waals surface area contributed by atoms with Crippen molar-refractivity contribution >= 4 is 65.0 Å². The van der Waals surface area contributed by atoms with Crippen molar-refractivity contribution in [2.45, 2.75) is 0 Å². The van der Waals surface area contributed by atoms with E-state index >= 15 is 0 Å². The molecule has 0 radical (unpaired) electrons. The molecular weight excluding hydrogens is 569 g/mol. The second-order valence-electron chi connectivity index (χ2n) is 12.4. The maximum absolute atomic E-state index is 6.78. The molecule has 1 heteroatoms. The third-order valence-electron chi connectivity index (χ3n) is 9.83. The lowest BCUT2D eigenvalue weighted by molar-refractivity contribution is 0.676. The molecule has 0 saturated heterocycles. The largest absolute Gasteiger partial charge is 0.455 e. The molecule has 0 aliphatic heterocycles. The first-order valence-electron chi connectivity index (χ1n) is 16.2. The molecule has 0 unspecified atom stereocenters. The van der Waals surface area contributed by atoms with Gasteiger partial charge >= 0.3 is 0 Å². The second-order valence-corrected chi connectivity index (χ2v) is 12.4. The Balaban J connectivity index is 1.22. The van der Waals surface area contributed by atoms with Gasteiger partial charge in [0.25, 0.3) is 0 Å². The van der Waals surface area contributed by atoms with E-state index in [9.17, 15) is 0 Å². The first-order valence-corrected chi connectivity index (χ1v) is 16.2. The molecule has 0 amide bonds. The number of furan rings is 1. The van der Waals surface area contributed by atoms with Gasteiger partial charge in [-0.3, -0.25) is 0 Å². The summed E-state index contributed by atoms with van der Waals surface area (Å²) in [5.41, 5.74) is 9.26. The SMILES string of the molecule is c1ccc(-c2c3ccccc3c(-c3ccc(-c4cc5ccccc5c5oc6c7ccccc7ccc6c45)cc3)c3ccccc23)cc1. The fraction of sp³-hybridized carbons (Fsp3) is 0. The fourth-order valence-corrected chi connectivity index (χ4v) is 7.74. The topological polar surface area (TPSA) is 13.1 Å². The minimum absolute atomic E-state index is 0.946. The predicted octanol–water partition coefficient (Wildman–Crippen LogP) is 13.2. The number of benzene rings is 9. The third-order valence-corrected chi connectivity index (χ3v) is 9.83. The Bertz CT molecular complexity index is 2760. The summed E-state index contributed by atoms with van der Waals surface area (Å²) in [5.74, 6) is 0. The number of hydrogen-bond donors (Lipinski definition) is 0. The standard InChI is InChI=1S/C46H28O/c1-2-13-31(14-3-1)42-36-18-8-10-20-38(36)43(39-21-11-9-19-37(39)42)32-24-22-30(23-25-32)41-28-33-15-5-7-17-35(33)46-44(41)40-27-26-29-12-4-6-16-34(29)45(40)47-46/h1-28H. The van der Waals surface area contributed by atoms with E-state index in [0.29, 0.717) is 0 Å². The Kier molecular flexibility index (Phi) is 5.64. The summed E-state index contributed by atoms with van der Waals surface area (Å²) >= 11 is 0. The van der Waals surface area contributed by atoms with Crippen molar-refractivity contribution in [1.82, 2.24) is 0 Å². The molecule has 1 aromatic heterocycles. The van der Waals surface area contributed by atoms with Gasteiger partial charge in [0.05, 0.1) is 0 Å². The van der Waals surface area contributed by atoms with Crippen LogP contribution in [0, 0.1) is 0 Å². The Morgan fingerprint density at radius 3 is 1.38 bits per heavy atom. The molecule has 0 atom stereocenters. The summed E-state index contributed by atoms with van der Waals surface area (Å²) in [6.45, 7) is 0. The van der Waals surface area contributed by atoms with Crippen LogP contribution in [0.3, 0.4) is 0 Å². The number of hydrogen-bond acceptors (Lipinski definition) is 1. The first kappa shape index (κ1) is 26.1. The summed E-state index contributed by atoms with van der Waals surface area (Å²) in [4.78, 5) is 0. The molecule has 9 aromatic carbocycles. The zero-order chi connectivity index (χ0) is 30.9. The molecule has 47 heavy (non-hydrogen) atoms. The highest BCUT2D eigenvalue weighted by atomic mass is 16.3. The highest BCUT2D eigenvalue weighted by molar-refractivity contribution is 6.25. The molecule has 1 nitrogen and oxygen atoms in total. The monoisotopic (exact) mass is 596 g/mol. The molecule has 0 N–H and O–H groups in total. The van der Waals surface area contributed by atoms with Gasteiger partial charge in [0.1, 0.15) is 11.2 Å². The van der Waals surface area contributed by atoms with E-state index in [2.05, 4.69) is 170 Å². The van der Waals surface area contributed by atoms with Crippen molar-refractivity contribution in [3.05, 3.63) is 170 Å². The average Bonchev–Trinajstić information content (AvgIpc) is 3.55. The average molecular weight is 597 g/mol. The van der Waals surface area contributed by atoms with Crippen LogP contribution in [0.5, 0.6) is 0 Å². The fourth-order valence-electron chi connectivity index (χ4n) is 7.74. The van der Waals surface area contributed by atoms with Crippen LogP contribution < -0.4 is 0 Å². The van der Waals surface area contributed by atoms with Crippen LogP contribution in [0.1, 0.15) is 0 Å². The molecule has 0 aliphatic carbocycles. The van der Waals surface area contributed by atoms with Crippen LogP contribution in [0.4, 0.5) is 0 Å². The first-order chi connectivity index (χ1) is 23.3. The molecule has 218 valence electrons. The molecule has 0 aliphatic rings. The summed E-state index contributed by atoms with van der Waals surface area (Å²) in [6.07, 6.45) is 0. The van der Waals surface area contributed by atoms with Crippen LogP contribution in [0.25, 0.3) is 98.4 Å². The lowest BCUT2D eigenvalue weighted by Crippen LogP contribution is -1.91. The molecule has 0 bridgehead atoms. The Hall–Kier alpha value is -6.18. The zero-order valence-corrected chi connectivity index (χ0v) is 25.6. The number of fused-ring (bicyclic) bond motifs is 9. The number of rotatable bonds is 3. The van der Waals surface area contributed by atoms with Gasteiger partial charge in [-0.2, -0.15) is 0 Å². The van der Waals surface area contributed by atoms with Crippen LogP contribution in [-0.2, 0) is 0 Å². The Morgan fingerprint density at radius 1 is 0.298 bits per heavy atom. The van der Waals surface area contributed by atoms with Gasteiger partial charge in [0.2, 0.25) is 0 Å². The van der Waals surface area contributed by atoms with Gasteiger partial charge in [-0.05, 0) is 77.8 Å². The zero-order valence-electron chi connectivity index (χ0n) is 25.6. The van der Waals surface area contributed by atoms with Gasteiger partial charge in [-0.1, -0.05) is 158 Å². The van der Waals surface area contributed by atoms with Crippen molar-refractivity contribution in [1.29, 1.82) is 0 Å². The van der Waals surface area contributed by atoms with Gasteiger partial charge in [-0.15, -0.1) is 0 Å². The van der Waals surface area contributed by atoms with E-state index in [1.807, 2.05) is 0 Å². The van der Waals surface area contributed by atoms with Gasteiger partial charge < -0.3 is 4.42 Å². The minimum atomic E-state index is 0.946.